The van der Waals surface area contributed by atoms with E-state index in [-0.39, 0.29) is 11.7 Å². The molecular weight excluding hydrogens is 488 g/mol. The Kier molecular flexibility index (Phi) is 8.56. The molecule has 37 heavy (non-hydrogen) atoms. The normalized spacial score (nSPS) is 22.0. The van der Waals surface area contributed by atoms with Crippen LogP contribution in [0.4, 0.5) is 0 Å². The second kappa shape index (κ2) is 11.7. The van der Waals surface area contributed by atoms with Crippen molar-refractivity contribution in [3.05, 3.63) is 83.2 Å². The first kappa shape index (κ1) is 27.2. The Morgan fingerprint density at radius 2 is 1.97 bits per heavy atom. The Morgan fingerprint density at radius 1 is 1.24 bits per heavy atom. The Morgan fingerprint density at radius 3 is 2.68 bits per heavy atom. The molecule has 9 heteroatoms. The van der Waals surface area contributed by atoms with Gasteiger partial charge in [0, 0.05) is 38.0 Å². The first-order valence-corrected chi connectivity index (χ1v) is 14.6. The highest BCUT2D eigenvalue weighted by Gasteiger charge is 2.40. The van der Waals surface area contributed by atoms with E-state index >= 15 is 0 Å². The van der Waals surface area contributed by atoms with E-state index in [0.29, 0.717) is 38.2 Å². The van der Waals surface area contributed by atoms with Crippen molar-refractivity contribution in [2.75, 3.05) is 39.0 Å². The predicted octanol–water partition coefficient (Wildman–Crippen LogP) is 1.94. The first-order chi connectivity index (χ1) is 17.7. The number of likely N-dealkylation sites (N-methyl/N-ethyl adjacent to an activating group) is 2. The van der Waals surface area contributed by atoms with Gasteiger partial charge in [0.2, 0.25) is 15.9 Å². The molecule has 2 heterocycles. The van der Waals surface area contributed by atoms with Crippen LogP contribution in [0.5, 0.6) is 0 Å². The maximum Gasteiger partial charge on any atom is 0.235 e. The van der Waals surface area contributed by atoms with E-state index in [2.05, 4.69) is 29.0 Å². The summed E-state index contributed by atoms with van der Waals surface area (Å²) in [5.41, 5.74) is 4.56. The van der Waals surface area contributed by atoms with Crippen molar-refractivity contribution in [1.82, 2.24) is 19.8 Å². The van der Waals surface area contributed by atoms with Crippen LogP contribution < -0.4 is 10.6 Å². The molecule has 2 aliphatic heterocycles. The van der Waals surface area contributed by atoms with Crippen molar-refractivity contribution < 1.29 is 18.3 Å². The number of nitrogens with zero attached hydrogens (tertiary/aromatic N) is 2. The van der Waals surface area contributed by atoms with Crippen molar-refractivity contribution in [1.29, 1.82) is 0 Å². The highest BCUT2D eigenvalue weighted by Crippen LogP contribution is 2.42. The van der Waals surface area contributed by atoms with Gasteiger partial charge < -0.3 is 20.6 Å². The first-order valence-electron chi connectivity index (χ1n) is 13.0. The van der Waals surface area contributed by atoms with Gasteiger partial charge in [-0.05, 0) is 56.0 Å². The molecule has 0 bridgehead atoms. The number of nitrogens with one attached hydrogen (secondary N) is 2. The molecule has 1 aromatic rings. The molecule has 1 unspecified atom stereocenters. The minimum atomic E-state index is -3.47. The SMILES string of the molecule is C=CCCNC[C@@H](O)[C@H](Cc1ccccc1)NC(=O)C1C=C2C3=C(CCS(=O)(=O)N(C)C3=C1)CN2CC. The zero-order valence-electron chi connectivity index (χ0n) is 21.7. The average Bonchev–Trinajstić information content (AvgIpc) is 3.22. The fourth-order valence-electron chi connectivity index (χ4n) is 5.17. The van der Waals surface area contributed by atoms with E-state index in [1.165, 1.54) is 4.31 Å². The Labute approximate surface area is 220 Å². The molecule has 1 amide bonds. The minimum absolute atomic E-state index is 0.0611. The minimum Gasteiger partial charge on any atom is -0.390 e. The Balaban J connectivity index is 1.59. The van der Waals surface area contributed by atoms with Crippen molar-refractivity contribution >= 4 is 15.9 Å². The molecule has 0 fully saturated rings. The summed E-state index contributed by atoms with van der Waals surface area (Å²) in [6.07, 6.45) is 6.45. The van der Waals surface area contributed by atoms with Crippen LogP contribution >= 0.6 is 0 Å². The highest BCUT2D eigenvalue weighted by atomic mass is 32.2. The summed E-state index contributed by atoms with van der Waals surface area (Å²) in [6, 6.07) is 9.24. The number of hydrogen-bond donors (Lipinski definition) is 3. The van der Waals surface area contributed by atoms with Crippen LogP contribution in [0.15, 0.2) is 77.7 Å². The Bertz CT molecular complexity index is 1210. The third-order valence-electron chi connectivity index (χ3n) is 7.34. The van der Waals surface area contributed by atoms with Gasteiger partial charge in [-0.2, -0.15) is 0 Å². The molecule has 0 aromatic heterocycles. The van der Waals surface area contributed by atoms with Gasteiger partial charge in [0.05, 0.1) is 29.5 Å². The van der Waals surface area contributed by atoms with E-state index in [1.54, 1.807) is 13.1 Å². The van der Waals surface area contributed by atoms with Crippen molar-refractivity contribution in [3.63, 3.8) is 0 Å². The maximum absolute atomic E-state index is 13.6. The lowest BCUT2D eigenvalue weighted by Gasteiger charge is -2.31. The van der Waals surface area contributed by atoms with Gasteiger partial charge in [-0.15, -0.1) is 6.58 Å². The summed E-state index contributed by atoms with van der Waals surface area (Å²) in [4.78, 5) is 15.8. The third-order valence-corrected chi connectivity index (χ3v) is 9.09. The standard InChI is InChI=1S/C28H38N4O4S/c1-4-6-13-29-18-26(33)23(15-20-10-8-7-9-11-20)30-28(34)22-16-24-27-21(12-14-37(35,36)31(24)3)19-32(5-2)25(27)17-22/h4,7-11,16-17,22-23,26,29,33H,1,5-6,12-15,18-19H2,2-3H3,(H,30,34)/t22?,23-,26+/m0/s1. The molecule has 4 rings (SSSR count). The Hall–Kier alpha value is -2.88. The summed E-state index contributed by atoms with van der Waals surface area (Å²) in [7, 11) is -1.90. The predicted molar refractivity (Wildman–Crippen MR) is 146 cm³/mol. The van der Waals surface area contributed by atoms with Crippen LogP contribution in [0.3, 0.4) is 0 Å². The van der Waals surface area contributed by atoms with E-state index in [0.717, 1.165) is 35.4 Å². The zero-order chi connectivity index (χ0) is 26.6. The topological polar surface area (TPSA) is 102 Å². The molecule has 0 spiro atoms. The van der Waals surface area contributed by atoms with Gasteiger partial charge in [-0.1, -0.05) is 36.4 Å². The molecule has 0 radical (unpaired) electrons. The number of amides is 1. The van der Waals surface area contributed by atoms with Crippen LogP contribution in [-0.2, 0) is 21.2 Å². The summed E-state index contributed by atoms with van der Waals surface area (Å²) in [5, 5.41) is 17.3. The van der Waals surface area contributed by atoms with Crippen LogP contribution in [0.25, 0.3) is 0 Å². The smallest absolute Gasteiger partial charge is 0.235 e. The number of aliphatic hydroxyl groups excluding tert-OH is 1. The number of carbonyl (C=O) groups is 1. The van der Waals surface area contributed by atoms with Gasteiger partial charge in [0.1, 0.15) is 0 Å². The second-order valence-electron chi connectivity index (χ2n) is 9.81. The molecule has 1 aliphatic carbocycles. The molecule has 8 nitrogen and oxygen atoms in total. The van der Waals surface area contributed by atoms with E-state index in [4.69, 9.17) is 0 Å². The average molecular weight is 527 g/mol. The fraction of sp³-hybridized carbons (Fsp3) is 0.464. The molecular formula is C28H38N4O4S. The number of sulfonamides is 1. The van der Waals surface area contributed by atoms with Gasteiger partial charge >= 0.3 is 0 Å². The number of carbonyl (C=O) groups excluding carboxylic acids is 1. The van der Waals surface area contributed by atoms with Crippen molar-refractivity contribution in [3.8, 4) is 0 Å². The highest BCUT2D eigenvalue weighted by molar-refractivity contribution is 7.89. The number of benzene rings is 1. The van der Waals surface area contributed by atoms with Crippen molar-refractivity contribution in [2.45, 2.75) is 38.3 Å². The number of hydrogen-bond acceptors (Lipinski definition) is 6. The quantitative estimate of drug-likeness (QED) is 0.301. The zero-order valence-corrected chi connectivity index (χ0v) is 22.5. The largest absolute Gasteiger partial charge is 0.390 e. The molecule has 0 saturated carbocycles. The second-order valence-corrected chi connectivity index (χ2v) is 11.9. The molecule has 200 valence electrons. The fourth-order valence-corrected chi connectivity index (χ4v) is 6.40. The van der Waals surface area contributed by atoms with Gasteiger partial charge in [-0.25, -0.2) is 8.42 Å². The van der Waals surface area contributed by atoms with Crippen LogP contribution in [0.2, 0.25) is 0 Å². The summed E-state index contributed by atoms with van der Waals surface area (Å²) < 4.78 is 27.0. The molecule has 3 aliphatic rings. The molecule has 3 atom stereocenters. The third kappa shape index (κ3) is 6.00. The molecule has 1 aromatic carbocycles. The van der Waals surface area contributed by atoms with E-state index < -0.39 is 28.1 Å². The molecule has 3 N–H and O–H groups in total. The van der Waals surface area contributed by atoms with Gasteiger partial charge in [-0.3, -0.25) is 9.10 Å². The van der Waals surface area contributed by atoms with Crippen LogP contribution in [0, 0.1) is 5.92 Å². The number of rotatable bonds is 11. The van der Waals surface area contributed by atoms with Crippen LogP contribution in [-0.4, -0.2) is 79.8 Å². The van der Waals surface area contributed by atoms with E-state index in [9.17, 15) is 18.3 Å². The maximum atomic E-state index is 13.6. The lowest BCUT2D eigenvalue weighted by atomic mass is 9.91. The monoisotopic (exact) mass is 526 g/mol. The van der Waals surface area contributed by atoms with Gasteiger partial charge in [0.15, 0.2) is 0 Å². The van der Waals surface area contributed by atoms with Crippen LogP contribution in [0.1, 0.15) is 25.3 Å². The lowest BCUT2D eigenvalue weighted by Crippen LogP contribution is -2.50. The molecule has 0 saturated heterocycles. The summed E-state index contributed by atoms with van der Waals surface area (Å²) in [5.74, 6) is -0.854. The lowest BCUT2D eigenvalue weighted by molar-refractivity contribution is -0.124. The summed E-state index contributed by atoms with van der Waals surface area (Å²) >= 11 is 0. The number of aliphatic hydroxyl groups is 1. The summed E-state index contributed by atoms with van der Waals surface area (Å²) in [6.45, 7) is 8.25. The van der Waals surface area contributed by atoms with Crippen molar-refractivity contribution in [2.24, 2.45) is 5.92 Å². The van der Waals surface area contributed by atoms with E-state index in [1.807, 2.05) is 42.5 Å². The van der Waals surface area contributed by atoms with Gasteiger partial charge in [0.25, 0.3) is 0 Å².